The minimum Gasteiger partial charge on any atom is -0.460 e. The first-order valence-corrected chi connectivity index (χ1v) is 16.9. The van der Waals surface area contributed by atoms with Crippen molar-refractivity contribution in [3.05, 3.63) is 53.6 Å². The van der Waals surface area contributed by atoms with Crippen molar-refractivity contribution in [2.24, 2.45) is 11.3 Å². The lowest BCUT2D eigenvalue weighted by Crippen LogP contribution is -2.62. The molecule has 9 nitrogen and oxygen atoms in total. The number of rotatable bonds is 13. The predicted octanol–water partition coefficient (Wildman–Crippen LogP) is 6.53. The number of aliphatic hydroxyl groups excluding tert-OH is 3. The molecule has 0 aromatic heterocycles. The molecule has 0 saturated carbocycles. The summed E-state index contributed by atoms with van der Waals surface area (Å²) in [5.41, 5.74) is 2.99. The molecule has 47 heavy (non-hydrogen) atoms. The Kier molecular flexibility index (Phi) is 12.8. The van der Waals surface area contributed by atoms with Gasteiger partial charge in [0.2, 0.25) is 6.29 Å². The van der Waals surface area contributed by atoms with E-state index in [1.165, 1.54) is 5.56 Å². The number of anilines is 2. The van der Waals surface area contributed by atoms with Crippen LogP contribution in [0, 0.1) is 11.3 Å². The fraction of sp³-hybridized carbons (Fsp3) is 0.684. The summed E-state index contributed by atoms with van der Waals surface area (Å²) in [5.74, 6) is 0.592. The molecule has 6 unspecified atom stereocenters. The van der Waals surface area contributed by atoms with Crippen molar-refractivity contribution in [2.75, 3.05) is 23.8 Å². The van der Waals surface area contributed by atoms with Crippen LogP contribution < -0.4 is 15.4 Å². The third kappa shape index (κ3) is 11.9. The average Bonchev–Trinajstić information content (AvgIpc) is 2.93. The maximum atomic E-state index is 11.3. The van der Waals surface area contributed by atoms with E-state index in [2.05, 4.69) is 76.4 Å². The van der Waals surface area contributed by atoms with Crippen LogP contribution in [-0.2, 0) is 27.2 Å². The van der Waals surface area contributed by atoms with Gasteiger partial charge in [0.15, 0.2) is 0 Å². The van der Waals surface area contributed by atoms with Crippen molar-refractivity contribution >= 4 is 11.4 Å². The first-order chi connectivity index (χ1) is 21.6. The largest absolute Gasteiger partial charge is 0.460 e. The summed E-state index contributed by atoms with van der Waals surface area (Å²) >= 11 is 0. The molecule has 1 saturated heterocycles. The second-order valence-corrected chi connectivity index (χ2v) is 16.8. The Hall–Kier alpha value is -2.40. The molecule has 2 aromatic carbocycles. The van der Waals surface area contributed by atoms with Gasteiger partial charge < -0.3 is 44.9 Å². The third-order valence-electron chi connectivity index (χ3n) is 8.26. The van der Waals surface area contributed by atoms with E-state index in [-0.39, 0.29) is 29.1 Å². The molecular formula is C38H62N2O7. The fourth-order valence-electron chi connectivity index (χ4n) is 5.32. The molecule has 0 spiro atoms. The number of aliphatic hydroxyl groups is 3. The first-order valence-electron chi connectivity index (χ1n) is 16.9. The molecule has 1 aliphatic rings. The maximum absolute atomic E-state index is 11.3. The molecule has 2 aromatic rings. The Bertz CT molecular complexity index is 1260. The van der Waals surface area contributed by atoms with Gasteiger partial charge in [-0.15, -0.1) is 0 Å². The summed E-state index contributed by atoms with van der Waals surface area (Å²) < 4.78 is 24.5. The van der Waals surface area contributed by atoms with Crippen LogP contribution >= 0.6 is 0 Å². The van der Waals surface area contributed by atoms with Crippen LogP contribution in [0.1, 0.15) is 94.2 Å². The van der Waals surface area contributed by atoms with Crippen LogP contribution in [0.3, 0.4) is 0 Å². The van der Waals surface area contributed by atoms with Crippen molar-refractivity contribution in [3.8, 4) is 5.75 Å². The van der Waals surface area contributed by atoms with Crippen molar-refractivity contribution in [3.63, 3.8) is 0 Å². The predicted molar refractivity (Wildman–Crippen MR) is 189 cm³/mol. The zero-order chi connectivity index (χ0) is 35.4. The Morgan fingerprint density at radius 1 is 0.830 bits per heavy atom. The SMILES string of the molecule is CC(C)C(C)(COC1C(CO)OC(Oc2ccc(COC(C)(C)C)cc2NC(C)(C)C)C(O)C1O)Nc1ccc(CC(C)(C)C)cc1. The van der Waals surface area contributed by atoms with Crippen LogP contribution in [0.4, 0.5) is 11.4 Å². The highest BCUT2D eigenvalue weighted by Crippen LogP contribution is 2.34. The van der Waals surface area contributed by atoms with Gasteiger partial charge in [-0.3, -0.25) is 0 Å². The second kappa shape index (κ2) is 15.4. The van der Waals surface area contributed by atoms with Gasteiger partial charge in [-0.25, -0.2) is 0 Å². The van der Waals surface area contributed by atoms with Crippen molar-refractivity contribution in [2.45, 2.75) is 143 Å². The number of benzene rings is 2. The van der Waals surface area contributed by atoms with E-state index in [0.717, 1.165) is 17.7 Å². The summed E-state index contributed by atoms with van der Waals surface area (Å²) in [7, 11) is 0. The Balaban J connectivity index is 1.74. The highest BCUT2D eigenvalue weighted by atomic mass is 16.7. The van der Waals surface area contributed by atoms with Gasteiger partial charge in [-0.1, -0.05) is 52.8 Å². The second-order valence-electron chi connectivity index (χ2n) is 16.8. The van der Waals surface area contributed by atoms with E-state index in [4.69, 9.17) is 18.9 Å². The van der Waals surface area contributed by atoms with Gasteiger partial charge in [0.05, 0.1) is 36.6 Å². The van der Waals surface area contributed by atoms with E-state index in [1.54, 1.807) is 6.07 Å². The molecule has 5 N–H and O–H groups in total. The van der Waals surface area contributed by atoms with Gasteiger partial charge in [0, 0.05) is 11.2 Å². The summed E-state index contributed by atoms with van der Waals surface area (Å²) in [6, 6.07) is 14.1. The van der Waals surface area contributed by atoms with E-state index < -0.39 is 42.9 Å². The molecule has 1 heterocycles. The highest BCUT2D eigenvalue weighted by molar-refractivity contribution is 5.59. The van der Waals surface area contributed by atoms with Crippen LogP contribution in [-0.4, -0.2) is 75.9 Å². The van der Waals surface area contributed by atoms with Crippen molar-refractivity contribution < 1.29 is 34.3 Å². The smallest absolute Gasteiger partial charge is 0.229 e. The molecule has 1 fully saturated rings. The van der Waals surface area contributed by atoms with Crippen molar-refractivity contribution in [1.29, 1.82) is 0 Å². The third-order valence-corrected chi connectivity index (χ3v) is 8.26. The van der Waals surface area contributed by atoms with Gasteiger partial charge in [0.1, 0.15) is 30.2 Å². The molecule has 266 valence electrons. The van der Waals surface area contributed by atoms with Gasteiger partial charge in [0.25, 0.3) is 0 Å². The lowest BCUT2D eigenvalue weighted by Gasteiger charge is -2.44. The number of hydrogen-bond acceptors (Lipinski definition) is 9. The van der Waals surface area contributed by atoms with Crippen molar-refractivity contribution in [1.82, 2.24) is 0 Å². The molecule has 9 heteroatoms. The monoisotopic (exact) mass is 658 g/mol. The van der Waals surface area contributed by atoms with E-state index in [0.29, 0.717) is 18.0 Å². The first kappa shape index (κ1) is 39.0. The molecular weight excluding hydrogens is 596 g/mol. The average molecular weight is 659 g/mol. The number of hydrogen-bond donors (Lipinski definition) is 5. The van der Waals surface area contributed by atoms with E-state index in [9.17, 15) is 15.3 Å². The quantitative estimate of drug-likeness (QED) is 0.164. The number of nitrogens with one attached hydrogen (secondary N) is 2. The van der Waals surface area contributed by atoms with Crippen LogP contribution in [0.15, 0.2) is 42.5 Å². The zero-order valence-corrected chi connectivity index (χ0v) is 30.8. The molecule has 0 bridgehead atoms. The minimum atomic E-state index is -1.43. The lowest BCUT2D eigenvalue weighted by atomic mass is 9.87. The van der Waals surface area contributed by atoms with E-state index >= 15 is 0 Å². The Labute approximate surface area is 283 Å². The summed E-state index contributed by atoms with van der Waals surface area (Å²) in [4.78, 5) is 0. The molecule has 0 aliphatic carbocycles. The standard InChI is InChI=1S/C38H62N2O7/c1-24(2)38(12,39-27-16-13-25(14-17-27)20-35(3,4)5)23-44-33-30(21-41)47-34(32(43)31(33)42)46-29-18-15-26(22-45-37(9,10)11)19-28(29)40-36(6,7)8/h13-19,24,30-34,39-43H,20-23H2,1-12H3. The normalized spacial score (nSPS) is 23.8. The summed E-state index contributed by atoms with van der Waals surface area (Å²) in [6.45, 7) is 25.3. The Morgan fingerprint density at radius 2 is 1.45 bits per heavy atom. The highest BCUT2D eigenvalue weighted by Gasteiger charge is 2.47. The minimum absolute atomic E-state index is 0.150. The molecule has 0 amide bonds. The van der Waals surface area contributed by atoms with Crippen LogP contribution in [0.5, 0.6) is 5.75 Å². The van der Waals surface area contributed by atoms with Gasteiger partial charge in [-0.05, 0) is 102 Å². The zero-order valence-electron chi connectivity index (χ0n) is 30.8. The van der Waals surface area contributed by atoms with Gasteiger partial charge >= 0.3 is 0 Å². The number of ether oxygens (including phenoxy) is 4. The summed E-state index contributed by atoms with van der Waals surface area (Å²) in [5, 5.41) is 39.9. The van der Waals surface area contributed by atoms with Crippen LogP contribution in [0.2, 0.25) is 0 Å². The molecule has 1 aliphatic heterocycles. The van der Waals surface area contributed by atoms with Crippen LogP contribution in [0.25, 0.3) is 0 Å². The maximum Gasteiger partial charge on any atom is 0.229 e. The topological polar surface area (TPSA) is 122 Å². The molecule has 0 radical (unpaired) electrons. The molecule has 3 rings (SSSR count). The summed E-state index contributed by atoms with van der Waals surface area (Å²) in [6.07, 6.45) is -4.95. The van der Waals surface area contributed by atoms with Gasteiger partial charge in [-0.2, -0.15) is 0 Å². The molecule has 6 atom stereocenters. The Morgan fingerprint density at radius 3 is 1.98 bits per heavy atom. The fourth-order valence-corrected chi connectivity index (χ4v) is 5.32. The lowest BCUT2D eigenvalue weighted by molar-refractivity contribution is -0.287. The van der Waals surface area contributed by atoms with E-state index in [1.807, 2.05) is 53.7 Å².